The Hall–Kier alpha value is -2.80. The highest BCUT2D eigenvalue weighted by Crippen LogP contribution is 2.29. The fourth-order valence-electron chi connectivity index (χ4n) is 3.41. The van der Waals surface area contributed by atoms with Gasteiger partial charge < -0.3 is 14.4 Å². The number of amidine groups is 1. The fourth-order valence-corrected chi connectivity index (χ4v) is 3.41. The maximum Gasteiger partial charge on any atom is 0.280 e. The zero-order chi connectivity index (χ0) is 18.3. The lowest BCUT2D eigenvalue weighted by atomic mass is 9.98. The molecule has 1 amide bonds. The molecule has 1 aromatic rings. The molecule has 1 atom stereocenters. The molecule has 0 aromatic heterocycles. The molecule has 2 aliphatic heterocycles. The standard InChI is InChI=1S/C19H18FN3O3/c1-25-16-8-13-14(9-17(16)26-2)21-18(22-19(13)24)10-23-6-5-11-3-4-12(20)7-15(11)23/h3-4,7-9,16H,5-6,10H2,1-2H3. The number of halogens is 1. The van der Waals surface area contributed by atoms with E-state index in [1.165, 1.54) is 12.1 Å². The zero-order valence-corrected chi connectivity index (χ0v) is 14.5. The van der Waals surface area contributed by atoms with Crippen LogP contribution in [0.15, 0.2) is 51.7 Å². The molecule has 0 fully saturated rings. The van der Waals surface area contributed by atoms with Gasteiger partial charge in [0.15, 0.2) is 5.84 Å². The molecule has 1 aliphatic carbocycles. The Kier molecular flexibility index (Phi) is 4.16. The number of hydrogen-bond donors (Lipinski definition) is 0. The summed E-state index contributed by atoms with van der Waals surface area (Å²) in [6, 6.07) is 4.77. The van der Waals surface area contributed by atoms with E-state index in [-0.39, 0.29) is 11.7 Å². The molecule has 26 heavy (non-hydrogen) atoms. The first-order chi connectivity index (χ1) is 12.6. The number of ether oxygens (including phenoxy) is 2. The number of fused-ring (bicyclic) bond motifs is 2. The van der Waals surface area contributed by atoms with E-state index >= 15 is 0 Å². The van der Waals surface area contributed by atoms with Crippen LogP contribution in [0, 0.1) is 5.82 Å². The lowest BCUT2D eigenvalue weighted by molar-refractivity contribution is -0.114. The van der Waals surface area contributed by atoms with Gasteiger partial charge in [0.2, 0.25) is 0 Å². The number of amides is 1. The zero-order valence-electron chi connectivity index (χ0n) is 14.5. The first-order valence-electron chi connectivity index (χ1n) is 8.33. The Balaban J connectivity index is 1.61. The second-order valence-corrected chi connectivity index (χ2v) is 6.26. The summed E-state index contributed by atoms with van der Waals surface area (Å²) in [5, 5.41) is 0. The smallest absolute Gasteiger partial charge is 0.280 e. The number of carbonyl (C=O) groups excluding carboxylic acids is 1. The minimum Gasteiger partial charge on any atom is -0.498 e. The van der Waals surface area contributed by atoms with Gasteiger partial charge in [0.25, 0.3) is 5.91 Å². The van der Waals surface area contributed by atoms with Gasteiger partial charge in [-0.25, -0.2) is 9.38 Å². The molecule has 0 spiro atoms. The van der Waals surface area contributed by atoms with E-state index in [4.69, 9.17) is 9.47 Å². The van der Waals surface area contributed by atoms with Crippen molar-refractivity contribution in [2.24, 2.45) is 9.98 Å². The van der Waals surface area contributed by atoms with Crippen LogP contribution in [0.4, 0.5) is 10.1 Å². The Morgan fingerprint density at radius 2 is 2.15 bits per heavy atom. The van der Waals surface area contributed by atoms with Gasteiger partial charge in [-0.15, -0.1) is 0 Å². The maximum atomic E-state index is 13.6. The highest BCUT2D eigenvalue weighted by Gasteiger charge is 2.30. The first kappa shape index (κ1) is 16.7. The number of rotatable bonds is 4. The van der Waals surface area contributed by atoms with E-state index < -0.39 is 6.10 Å². The molecule has 0 radical (unpaired) electrons. The summed E-state index contributed by atoms with van der Waals surface area (Å²) >= 11 is 0. The average molecular weight is 355 g/mol. The minimum atomic E-state index is -0.428. The van der Waals surface area contributed by atoms with Crippen LogP contribution in [0.3, 0.4) is 0 Å². The highest BCUT2D eigenvalue weighted by atomic mass is 19.1. The average Bonchev–Trinajstić information content (AvgIpc) is 3.02. The van der Waals surface area contributed by atoms with Crippen molar-refractivity contribution in [1.82, 2.24) is 0 Å². The molecule has 3 aliphatic rings. The summed E-state index contributed by atoms with van der Waals surface area (Å²) in [6.45, 7) is 1.09. The molecule has 4 rings (SSSR count). The number of allylic oxidation sites excluding steroid dienone is 1. The number of nitrogens with zero attached hydrogens (tertiary/aromatic N) is 3. The topological polar surface area (TPSA) is 63.5 Å². The lowest BCUT2D eigenvalue weighted by Crippen LogP contribution is -2.32. The van der Waals surface area contributed by atoms with Gasteiger partial charge in [0.1, 0.15) is 17.7 Å². The van der Waals surface area contributed by atoms with Gasteiger partial charge >= 0.3 is 0 Å². The molecule has 0 saturated heterocycles. The minimum absolute atomic E-state index is 0.278. The predicted octanol–water partition coefficient (Wildman–Crippen LogP) is 2.05. The monoisotopic (exact) mass is 355 g/mol. The maximum absolute atomic E-state index is 13.6. The summed E-state index contributed by atoms with van der Waals surface area (Å²) in [5.41, 5.74) is 2.85. The quantitative estimate of drug-likeness (QED) is 0.829. The third-order valence-electron chi connectivity index (χ3n) is 4.72. The van der Waals surface area contributed by atoms with Crippen LogP contribution in [0.2, 0.25) is 0 Å². The number of aliphatic imine (C=N–C) groups is 2. The van der Waals surface area contributed by atoms with Crippen LogP contribution in [0.1, 0.15) is 5.56 Å². The molecular weight excluding hydrogens is 337 g/mol. The summed E-state index contributed by atoms with van der Waals surface area (Å²) in [5.74, 6) is 0.357. The van der Waals surface area contributed by atoms with Crippen molar-refractivity contribution in [3.63, 3.8) is 0 Å². The second-order valence-electron chi connectivity index (χ2n) is 6.26. The van der Waals surface area contributed by atoms with Crippen LogP contribution < -0.4 is 4.90 Å². The van der Waals surface area contributed by atoms with Crippen LogP contribution in [0.5, 0.6) is 0 Å². The molecule has 1 aromatic carbocycles. The Morgan fingerprint density at radius 3 is 2.92 bits per heavy atom. The van der Waals surface area contributed by atoms with E-state index in [0.29, 0.717) is 29.4 Å². The number of carbonyl (C=O) groups is 1. The van der Waals surface area contributed by atoms with Crippen molar-refractivity contribution in [3.8, 4) is 0 Å². The molecule has 0 bridgehead atoms. The highest BCUT2D eigenvalue weighted by molar-refractivity contribution is 6.33. The lowest BCUT2D eigenvalue weighted by Gasteiger charge is -2.24. The molecule has 0 N–H and O–H groups in total. The van der Waals surface area contributed by atoms with E-state index in [0.717, 1.165) is 24.2 Å². The van der Waals surface area contributed by atoms with Crippen molar-refractivity contribution < 1.29 is 18.7 Å². The number of anilines is 1. The van der Waals surface area contributed by atoms with E-state index in [2.05, 4.69) is 9.98 Å². The normalized spacial score (nSPS) is 21.4. The third-order valence-corrected chi connectivity index (χ3v) is 4.72. The van der Waals surface area contributed by atoms with Crippen molar-refractivity contribution in [3.05, 3.63) is 53.1 Å². The summed E-state index contributed by atoms with van der Waals surface area (Å²) < 4.78 is 24.2. The molecule has 1 unspecified atom stereocenters. The summed E-state index contributed by atoms with van der Waals surface area (Å²) in [7, 11) is 3.09. The Bertz CT molecular complexity index is 901. The van der Waals surface area contributed by atoms with Gasteiger partial charge in [-0.3, -0.25) is 4.79 Å². The van der Waals surface area contributed by atoms with E-state index in [1.807, 2.05) is 4.90 Å². The van der Waals surface area contributed by atoms with Crippen molar-refractivity contribution in [1.29, 1.82) is 0 Å². The Morgan fingerprint density at radius 1 is 1.31 bits per heavy atom. The molecule has 2 heterocycles. The number of hydrogen-bond acceptors (Lipinski definition) is 5. The van der Waals surface area contributed by atoms with Gasteiger partial charge in [0, 0.05) is 25.4 Å². The summed E-state index contributed by atoms with van der Waals surface area (Å²) in [6.07, 6.45) is 3.78. The largest absolute Gasteiger partial charge is 0.498 e. The van der Waals surface area contributed by atoms with Crippen molar-refractivity contribution in [2.75, 3.05) is 32.2 Å². The van der Waals surface area contributed by atoms with Crippen LogP contribution in [0.25, 0.3) is 0 Å². The van der Waals surface area contributed by atoms with Crippen molar-refractivity contribution in [2.45, 2.75) is 12.5 Å². The molecule has 0 saturated carbocycles. The molecule has 134 valence electrons. The predicted molar refractivity (Wildman–Crippen MR) is 96.2 cm³/mol. The fraction of sp³-hybridized carbons (Fsp3) is 0.316. The van der Waals surface area contributed by atoms with E-state index in [1.54, 1.807) is 32.4 Å². The molecule has 7 heteroatoms. The third kappa shape index (κ3) is 2.84. The van der Waals surface area contributed by atoms with Crippen molar-refractivity contribution >= 4 is 23.1 Å². The number of methoxy groups -OCH3 is 2. The summed E-state index contributed by atoms with van der Waals surface area (Å²) in [4.78, 5) is 23.0. The second kappa shape index (κ2) is 6.49. The first-order valence-corrected chi connectivity index (χ1v) is 8.33. The number of benzene rings is 1. The van der Waals surface area contributed by atoms with Gasteiger partial charge in [-0.1, -0.05) is 6.07 Å². The van der Waals surface area contributed by atoms with Gasteiger partial charge in [0.05, 0.1) is 24.9 Å². The van der Waals surface area contributed by atoms with Gasteiger partial charge in [-0.05, 0) is 30.2 Å². The van der Waals surface area contributed by atoms with E-state index in [9.17, 15) is 9.18 Å². The SMILES string of the molecule is COC1=CC2=NC(CN3CCc4ccc(F)cc43)=NC(=O)C2=CC1OC. The van der Waals surface area contributed by atoms with Crippen LogP contribution in [-0.4, -0.2) is 50.9 Å². The Labute approximate surface area is 150 Å². The van der Waals surface area contributed by atoms with Crippen LogP contribution >= 0.6 is 0 Å². The molecule has 6 nitrogen and oxygen atoms in total. The molecular formula is C19H18FN3O3. The van der Waals surface area contributed by atoms with Gasteiger partial charge in [-0.2, -0.15) is 4.99 Å². The van der Waals surface area contributed by atoms with Crippen LogP contribution in [-0.2, 0) is 20.7 Å².